The number of aryl methyl sites for hydroxylation is 1. The van der Waals surface area contributed by atoms with E-state index in [1.54, 1.807) is 0 Å². The topological polar surface area (TPSA) is 17.8 Å². The number of hydrogen-bond donors (Lipinski definition) is 0. The van der Waals surface area contributed by atoms with Crippen LogP contribution in [-0.2, 0) is 12.4 Å². The number of thioether (sulfide) groups is 1. The third-order valence-electron chi connectivity index (χ3n) is 3.01. The smallest absolute Gasteiger partial charge is 0.124 e. The fourth-order valence-corrected chi connectivity index (χ4v) is 2.55. The monoisotopic (exact) mass is 268 g/mol. The molecule has 17 heavy (non-hydrogen) atoms. The first-order valence-electron chi connectivity index (χ1n) is 5.71. The lowest BCUT2D eigenvalue weighted by Crippen LogP contribution is -2.11. The lowest BCUT2D eigenvalue weighted by atomic mass is 10.2. The molecule has 4 heteroatoms. The van der Waals surface area contributed by atoms with Crippen LogP contribution in [0.3, 0.4) is 0 Å². The zero-order chi connectivity index (χ0) is 12.4. The van der Waals surface area contributed by atoms with Gasteiger partial charge in [-0.2, -0.15) is 11.8 Å². The van der Waals surface area contributed by atoms with E-state index in [1.165, 1.54) is 11.1 Å². The van der Waals surface area contributed by atoms with E-state index in [0.717, 1.165) is 17.9 Å². The quantitative estimate of drug-likeness (QED) is 0.785. The van der Waals surface area contributed by atoms with Crippen LogP contribution in [0, 0.1) is 6.92 Å². The van der Waals surface area contributed by atoms with Crippen LogP contribution in [0.2, 0.25) is 0 Å². The van der Waals surface area contributed by atoms with Crippen LogP contribution in [0.5, 0.6) is 0 Å². The van der Waals surface area contributed by atoms with E-state index in [9.17, 15) is 0 Å². The summed E-state index contributed by atoms with van der Waals surface area (Å²) in [4.78, 5) is 4.60. The van der Waals surface area contributed by atoms with Crippen LogP contribution < -0.4 is 0 Å². The maximum Gasteiger partial charge on any atom is 0.124 e. The molecular formula is C13H17ClN2S. The first kappa shape index (κ1) is 12.8. The Morgan fingerprint density at radius 3 is 2.88 bits per heavy atom. The van der Waals surface area contributed by atoms with Gasteiger partial charge >= 0.3 is 0 Å². The lowest BCUT2D eigenvalue weighted by molar-refractivity contribution is 0.683. The van der Waals surface area contributed by atoms with Crippen molar-refractivity contribution in [2.75, 3.05) is 6.26 Å². The van der Waals surface area contributed by atoms with Crippen LogP contribution in [-0.4, -0.2) is 21.1 Å². The summed E-state index contributed by atoms with van der Waals surface area (Å²) in [7, 11) is 0. The van der Waals surface area contributed by atoms with Gasteiger partial charge in [-0.1, -0.05) is 19.1 Å². The zero-order valence-corrected chi connectivity index (χ0v) is 12.0. The SMILES string of the molecule is CSC(C)Cn1c(CCl)nc2cccc(C)c21. The fourth-order valence-electron chi connectivity index (χ4n) is 2.04. The Bertz CT molecular complexity index is 521. The first-order chi connectivity index (χ1) is 8.17. The summed E-state index contributed by atoms with van der Waals surface area (Å²) in [6.45, 7) is 5.32. The van der Waals surface area contributed by atoms with Crippen LogP contribution in [0.1, 0.15) is 18.3 Å². The van der Waals surface area contributed by atoms with Gasteiger partial charge in [0, 0.05) is 11.8 Å². The molecule has 0 saturated heterocycles. The molecule has 2 rings (SSSR count). The van der Waals surface area contributed by atoms with E-state index < -0.39 is 0 Å². The lowest BCUT2D eigenvalue weighted by Gasteiger charge is -2.13. The minimum absolute atomic E-state index is 0.467. The van der Waals surface area contributed by atoms with Gasteiger partial charge in [0.2, 0.25) is 0 Å². The van der Waals surface area contributed by atoms with E-state index in [0.29, 0.717) is 11.1 Å². The zero-order valence-electron chi connectivity index (χ0n) is 10.4. The van der Waals surface area contributed by atoms with Crippen LogP contribution in [0.15, 0.2) is 18.2 Å². The van der Waals surface area contributed by atoms with Crippen molar-refractivity contribution < 1.29 is 0 Å². The number of aromatic nitrogens is 2. The van der Waals surface area contributed by atoms with Gasteiger partial charge < -0.3 is 4.57 Å². The third kappa shape index (κ3) is 2.45. The van der Waals surface area contributed by atoms with Gasteiger partial charge in [0.05, 0.1) is 16.9 Å². The second-order valence-electron chi connectivity index (χ2n) is 4.26. The number of para-hydroxylation sites is 1. The molecule has 1 heterocycles. The van der Waals surface area contributed by atoms with Crippen molar-refractivity contribution in [3.8, 4) is 0 Å². The molecule has 0 radical (unpaired) electrons. The molecule has 0 aliphatic heterocycles. The van der Waals surface area contributed by atoms with Crippen LogP contribution in [0.4, 0.5) is 0 Å². The molecule has 1 atom stereocenters. The fraction of sp³-hybridized carbons (Fsp3) is 0.462. The average molecular weight is 269 g/mol. The van der Waals surface area contributed by atoms with Gasteiger partial charge in [0.1, 0.15) is 5.82 Å². The second kappa shape index (κ2) is 5.32. The molecule has 92 valence electrons. The van der Waals surface area contributed by atoms with Crippen molar-refractivity contribution in [3.05, 3.63) is 29.6 Å². The molecule has 2 aromatic rings. The average Bonchev–Trinajstić information content (AvgIpc) is 2.68. The summed E-state index contributed by atoms with van der Waals surface area (Å²) in [5, 5.41) is 0.564. The Morgan fingerprint density at radius 1 is 1.47 bits per heavy atom. The van der Waals surface area contributed by atoms with Crippen molar-refractivity contribution in [1.29, 1.82) is 0 Å². The van der Waals surface area contributed by atoms with E-state index in [1.807, 2.05) is 17.8 Å². The Balaban J connectivity index is 2.57. The summed E-state index contributed by atoms with van der Waals surface area (Å²) in [6.07, 6.45) is 2.14. The molecule has 0 bridgehead atoms. The number of halogens is 1. The number of alkyl halides is 1. The van der Waals surface area contributed by atoms with Gasteiger partial charge in [0.25, 0.3) is 0 Å². The van der Waals surface area contributed by atoms with Crippen LogP contribution in [0.25, 0.3) is 11.0 Å². The highest BCUT2D eigenvalue weighted by molar-refractivity contribution is 7.99. The predicted octanol–water partition coefficient (Wildman–Crippen LogP) is 3.84. The van der Waals surface area contributed by atoms with Crippen LogP contribution >= 0.6 is 23.4 Å². The van der Waals surface area contributed by atoms with E-state index in [-0.39, 0.29) is 0 Å². The highest BCUT2D eigenvalue weighted by Crippen LogP contribution is 2.23. The number of fused-ring (bicyclic) bond motifs is 1. The largest absolute Gasteiger partial charge is 0.326 e. The number of imidazole rings is 1. The molecule has 0 spiro atoms. The molecule has 0 saturated carbocycles. The first-order valence-corrected chi connectivity index (χ1v) is 7.53. The summed E-state index contributed by atoms with van der Waals surface area (Å²) < 4.78 is 2.26. The molecule has 0 amide bonds. The molecule has 0 N–H and O–H groups in total. The van der Waals surface area contributed by atoms with Gasteiger partial charge in [0.15, 0.2) is 0 Å². The number of nitrogens with zero attached hydrogens (tertiary/aromatic N) is 2. The van der Waals surface area contributed by atoms with Gasteiger partial charge in [-0.3, -0.25) is 0 Å². The highest BCUT2D eigenvalue weighted by Gasteiger charge is 2.13. The Morgan fingerprint density at radius 2 is 2.24 bits per heavy atom. The molecule has 0 aliphatic rings. The van der Waals surface area contributed by atoms with E-state index >= 15 is 0 Å². The van der Waals surface area contributed by atoms with Gasteiger partial charge in [-0.05, 0) is 24.8 Å². The number of benzene rings is 1. The summed E-state index contributed by atoms with van der Waals surface area (Å²) in [5.74, 6) is 1.44. The van der Waals surface area contributed by atoms with Gasteiger partial charge in [-0.15, -0.1) is 11.6 Å². The molecule has 1 aromatic carbocycles. The molecular weight excluding hydrogens is 252 g/mol. The van der Waals surface area contributed by atoms with Crippen molar-refractivity contribution in [3.63, 3.8) is 0 Å². The minimum Gasteiger partial charge on any atom is -0.326 e. The second-order valence-corrected chi connectivity index (χ2v) is 5.80. The van der Waals surface area contributed by atoms with Gasteiger partial charge in [-0.25, -0.2) is 4.98 Å². The molecule has 0 aliphatic carbocycles. The van der Waals surface area contributed by atoms with Crippen molar-refractivity contribution in [1.82, 2.24) is 9.55 Å². The molecule has 0 fully saturated rings. The molecule has 2 nitrogen and oxygen atoms in total. The highest BCUT2D eigenvalue weighted by atomic mass is 35.5. The Hall–Kier alpha value is -0.670. The van der Waals surface area contributed by atoms with E-state index in [4.69, 9.17) is 11.6 Å². The Labute approximate surface area is 111 Å². The predicted molar refractivity (Wildman–Crippen MR) is 77.0 cm³/mol. The van der Waals surface area contributed by atoms with Crippen molar-refractivity contribution >= 4 is 34.4 Å². The number of hydrogen-bond acceptors (Lipinski definition) is 2. The molecule has 1 unspecified atom stereocenters. The normalized spacial score (nSPS) is 13.2. The summed E-state index contributed by atoms with van der Waals surface area (Å²) in [5.41, 5.74) is 3.54. The van der Waals surface area contributed by atoms with Crippen molar-refractivity contribution in [2.45, 2.75) is 31.5 Å². The maximum absolute atomic E-state index is 5.99. The van der Waals surface area contributed by atoms with E-state index in [2.05, 4.69) is 41.8 Å². The molecule has 1 aromatic heterocycles. The standard InChI is InChI=1S/C13H17ClN2S/c1-9-5-4-6-11-13(9)16(8-10(2)17-3)12(7-14)15-11/h4-6,10H,7-8H2,1-3H3. The summed E-state index contributed by atoms with van der Waals surface area (Å²) >= 11 is 7.86. The Kier molecular flexibility index (Phi) is 4.00. The third-order valence-corrected chi connectivity index (χ3v) is 4.20. The van der Waals surface area contributed by atoms with Crippen molar-refractivity contribution in [2.24, 2.45) is 0 Å². The minimum atomic E-state index is 0.467. The maximum atomic E-state index is 5.99. The number of rotatable bonds is 4. The summed E-state index contributed by atoms with van der Waals surface area (Å²) in [6, 6.07) is 6.23.